The molecule has 0 aliphatic heterocycles. The van der Waals surface area contributed by atoms with Gasteiger partial charge in [-0.05, 0) is 25.6 Å². The SMILES string of the molecule is CCN(Cc1ccccc1)C(=O)CN(C)Cc1ccc(OC)cc1OC. The number of rotatable bonds is 9. The van der Waals surface area contributed by atoms with Crippen molar-refractivity contribution in [3.05, 3.63) is 59.7 Å². The van der Waals surface area contributed by atoms with Gasteiger partial charge in [0.2, 0.25) is 5.91 Å². The fourth-order valence-corrected chi connectivity index (χ4v) is 2.84. The molecule has 2 rings (SSSR count). The van der Waals surface area contributed by atoms with Crippen LogP contribution in [0.15, 0.2) is 48.5 Å². The Kier molecular flexibility index (Phi) is 7.48. The van der Waals surface area contributed by atoms with Crippen LogP contribution < -0.4 is 9.47 Å². The molecule has 0 aliphatic rings. The van der Waals surface area contributed by atoms with E-state index in [4.69, 9.17) is 9.47 Å². The van der Waals surface area contributed by atoms with Crippen LogP contribution in [0.3, 0.4) is 0 Å². The van der Waals surface area contributed by atoms with Crippen molar-refractivity contribution in [2.45, 2.75) is 20.0 Å². The minimum Gasteiger partial charge on any atom is -0.497 e. The average Bonchev–Trinajstić information content (AvgIpc) is 2.67. The first-order valence-electron chi connectivity index (χ1n) is 8.78. The van der Waals surface area contributed by atoms with Crippen molar-refractivity contribution in [3.63, 3.8) is 0 Å². The third-order valence-corrected chi connectivity index (χ3v) is 4.29. The van der Waals surface area contributed by atoms with Gasteiger partial charge in [0.1, 0.15) is 11.5 Å². The first-order chi connectivity index (χ1) is 12.6. The average molecular weight is 356 g/mol. The highest BCUT2D eigenvalue weighted by atomic mass is 16.5. The molecule has 0 bridgehead atoms. The number of nitrogens with zero attached hydrogens (tertiary/aromatic N) is 2. The lowest BCUT2D eigenvalue weighted by Gasteiger charge is -2.25. The molecule has 0 radical (unpaired) electrons. The molecule has 1 amide bonds. The van der Waals surface area contributed by atoms with E-state index >= 15 is 0 Å². The van der Waals surface area contributed by atoms with E-state index in [0.29, 0.717) is 26.2 Å². The first kappa shape index (κ1) is 19.8. The Morgan fingerprint density at radius 1 is 1.00 bits per heavy atom. The van der Waals surface area contributed by atoms with Crippen LogP contribution >= 0.6 is 0 Å². The third-order valence-electron chi connectivity index (χ3n) is 4.29. The van der Waals surface area contributed by atoms with Crippen LogP contribution in [0.5, 0.6) is 11.5 Å². The van der Waals surface area contributed by atoms with E-state index < -0.39 is 0 Å². The van der Waals surface area contributed by atoms with Gasteiger partial charge in [-0.25, -0.2) is 0 Å². The molecule has 0 unspecified atom stereocenters. The summed E-state index contributed by atoms with van der Waals surface area (Å²) >= 11 is 0. The summed E-state index contributed by atoms with van der Waals surface area (Å²) in [4.78, 5) is 16.5. The van der Waals surface area contributed by atoms with Crippen LogP contribution in [0.2, 0.25) is 0 Å². The molecule has 0 aliphatic carbocycles. The summed E-state index contributed by atoms with van der Waals surface area (Å²) in [6.45, 7) is 4.31. The highest BCUT2D eigenvalue weighted by Gasteiger charge is 2.16. The summed E-state index contributed by atoms with van der Waals surface area (Å²) in [6.07, 6.45) is 0. The molecule has 0 spiro atoms. The number of carbonyl (C=O) groups excluding carboxylic acids is 1. The Hall–Kier alpha value is -2.53. The fourth-order valence-electron chi connectivity index (χ4n) is 2.84. The van der Waals surface area contributed by atoms with Gasteiger partial charge < -0.3 is 14.4 Å². The van der Waals surface area contributed by atoms with Gasteiger partial charge >= 0.3 is 0 Å². The smallest absolute Gasteiger partial charge is 0.237 e. The van der Waals surface area contributed by atoms with Crippen molar-refractivity contribution in [2.75, 3.05) is 34.4 Å². The molecule has 0 fully saturated rings. The Bertz CT molecular complexity index is 704. The second-order valence-corrected chi connectivity index (χ2v) is 6.24. The number of methoxy groups -OCH3 is 2. The van der Waals surface area contributed by atoms with E-state index in [0.717, 1.165) is 22.6 Å². The number of benzene rings is 2. The topological polar surface area (TPSA) is 42.0 Å². The number of ether oxygens (including phenoxy) is 2. The van der Waals surface area contributed by atoms with Gasteiger partial charge in [0.05, 0.1) is 20.8 Å². The van der Waals surface area contributed by atoms with E-state index in [2.05, 4.69) is 0 Å². The van der Waals surface area contributed by atoms with Crippen LogP contribution in [0.25, 0.3) is 0 Å². The van der Waals surface area contributed by atoms with Crippen LogP contribution in [0, 0.1) is 0 Å². The van der Waals surface area contributed by atoms with Gasteiger partial charge in [0.25, 0.3) is 0 Å². The Labute approximate surface area is 156 Å². The van der Waals surface area contributed by atoms with Crippen molar-refractivity contribution in [1.82, 2.24) is 9.80 Å². The Balaban J connectivity index is 1.97. The van der Waals surface area contributed by atoms with Gasteiger partial charge in [0.15, 0.2) is 0 Å². The van der Waals surface area contributed by atoms with Crippen LogP contribution in [-0.2, 0) is 17.9 Å². The molecule has 0 saturated carbocycles. The summed E-state index contributed by atoms with van der Waals surface area (Å²) in [5.41, 5.74) is 2.16. The summed E-state index contributed by atoms with van der Waals surface area (Å²) in [5, 5.41) is 0. The van der Waals surface area contributed by atoms with Gasteiger partial charge in [-0.15, -0.1) is 0 Å². The van der Waals surface area contributed by atoms with Gasteiger partial charge in [-0.2, -0.15) is 0 Å². The van der Waals surface area contributed by atoms with Crippen LogP contribution in [0.1, 0.15) is 18.1 Å². The van der Waals surface area contributed by atoms with Crippen molar-refractivity contribution in [2.24, 2.45) is 0 Å². The van der Waals surface area contributed by atoms with E-state index in [-0.39, 0.29) is 5.91 Å². The summed E-state index contributed by atoms with van der Waals surface area (Å²) in [6, 6.07) is 15.8. The second kappa shape index (κ2) is 9.82. The maximum Gasteiger partial charge on any atom is 0.237 e. The number of amides is 1. The molecule has 140 valence electrons. The minimum atomic E-state index is 0.117. The van der Waals surface area contributed by atoms with Crippen molar-refractivity contribution >= 4 is 5.91 Å². The van der Waals surface area contributed by atoms with E-state index in [1.54, 1.807) is 14.2 Å². The molecular formula is C21H28N2O3. The van der Waals surface area contributed by atoms with Crippen molar-refractivity contribution in [3.8, 4) is 11.5 Å². The molecule has 0 heterocycles. The Morgan fingerprint density at radius 3 is 2.35 bits per heavy atom. The molecule has 26 heavy (non-hydrogen) atoms. The number of hydrogen-bond donors (Lipinski definition) is 0. The number of carbonyl (C=O) groups is 1. The maximum atomic E-state index is 12.7. The first-order valence-corrected chi connectivity index (χ1v) is 8.78. The summed E-state index contributed by atoms with van der Waals surface area (Å²) < 4.78 is 10.7. The van der Waals surface area contributed by atoms with Gasteiger partial charge in [0, 0.05) is 31.3 Å². The molecule has 0 N–H and O–H groups in total. The monoisotopic (exact) mass is 356 g/mol. The lowest BCUT2D eigenvalue weighted by molar-refractivity contribution is -0.132. The second-order valence-electron chi connectivity index (χ2n) is 6.24. The van der Waals surface area contributed by atoms with E-state index in [9.17, 15) is 4.79 Å². The minimum absolute atomic E-state index is 0.117. The molecule has 0 atom stereocenters. The molecule has 5 heteroatoms. The van der Waals surface area contributed by atoms with Gasteiger partial charge in [-0.1, -0.05) is 36.4 Å². The molecule has 2 aromatic carbocycles. The maximum absolute atomic E-state index is 12.7. The van der Waals surface area contributed by atoms with Crippen LogP contribution in [-0.4, -0.2) is 50.1 Å². The number of hydrogen-bond acceptors (Lipinski definition) is 4. The quantitative estimate of drug-likeness (QED) is 0.692. The Morgan fingerprint density at radius 2 is 1.73 bits per heavy atom. The van der Waals surface area contributed by atoms with Crippen molar-refractivity contribution < 1.29 is 14.3 Å². The van der Waals surface area contributed by atoms with Crippen LogP contribution in [0.4, 0.5) is 0 Å². The summed E-state index contributed by atoms with van der Waals surface area (Å²) in [7, 11) is 5.21. The van der Waals surface area contributed by atoms with E-state index in [1.807, 2.05) is 72.3 Å². The molecular weight excluding hydrogens is 328 g/mol. The number of likely N-dealkylation sites (N-methyl/N-ethyl adjacent to an activating group) is 2. The lowest BCUT2D eigenvalue weighted by atomic mass is 10.1. The largest absolute Gasteiger partial charge is 0.497 e. The fraction of sp³-hybridized carbons (Fsp3) is 0.381. The highest BCUT2D eigenvalue weighted by Crippen LogP contribution is 2.25. The highest BCUT2D eigenvalue weighted by molar-refractivity contribution is 5.78. The molecule has 5 nitrogen and oxygen atoms in total. The predicted octanol–water partition coefficient (Wildman–Crippen LogP) is 3.18. The zero-order valence-corrected chi connectivity index (χ0v) is 16.1. The normalized spacial score (nSPS) is 10.7. The summed E-state index contributed by atoms with van der Waals surface area (Å²) in [5.74, 6) is 1.64. The molecule has 0 saturated heterocycles. The van der Waals surface area contributed by atoms with E-state index in [1.165, 1.54) is 0 Å². The van der Waals surface area contributed by atoms with Gasteiger partial charge in [-0.3, -0.25) is 9.69 Å². The zero-order chi connectivity index (χ0) is 18.9. The third kappa shape index (κ3) is 5.49. The zero-order valence-electron chi connectivity index (χ0n) is 16.1. The molecule has 2 aromatic rings. The lowest BCUT2D eigenvalue weighted by Crippen LogP contribution is -2.38. The molecule has 0 aromatic heterocycles. The predicted molar refractivity (Wildman–Crippen MR) is 103 cm³/mol. The van der Waals surface area contributed by atoms with Crippen molar-refractivity contribution in [1.29, 1.82) is 0 Å². The standard InChI is InChI=1S/C21H28N2O3/c1-5-23(14-17-9-7-6-8-10-17)21(24)16-22(2)15-18-11-12-19(25-3)13-20(18)26-4/h6-13H,5,14-16H2,1-4H3.